The number of Topliss-reactive ketones (excluding diaryl/α,β-unsaturated/α-hetero) is 1. The lowest BCUT2D eigenvalue weighted by Crippen LogP contribution is -2.13. The Kier molecular flexibility index (Phi) is 3.74. The molecule has 1 atom stereocenters. The summed E-state index contributed by atoms with van der Waals surface area (Å²) in [5.74, 6) is -0.586. The van der Waals surface area contributed by atoms with E-state index in [-0.39, 0.29) is 5.78 Å². The number of carbonyl (C=O) groups is 1. The molecule has 0 aliphatic rings. The van der Waals surface area contributed by atoms with Crippen molar-refractivity contribution in [1.29, 1.82) is 5.26 Å². The molecule has 0 fully saturated rings. The highest BCUT2D eigenvalue weighted by Crippen LogP contribution is 2.22. The van der Waals surface area contributed by atoms with Crippen LogP contribution in [0.5, 0.6) is 0 Å². The standard InChI is InChI=1S/C16H15NO/c1-2-6-13(11-17)16(18)15-10-5-8-12-7-3-4-9-14(12)15/h3-5,7-10,13H,2,6H2,1H3. The van der Waals surface area contributed by atoms with Gasteiger partial charge in [-0.15, -0.1) is 0 Å². The molecule has 0 saturated heterocycles. The number of nitrogens with zero attached hydrogens (tertiary/aromatic N) is 1. The van der Waals surface area contributed by atoms with Gasteiger partial charge in [-0.1, -0.05) is 55.8 Å². The molecule has 0 N–H and O–H groups in total. The van der Waals surface area contributed by atoms with Crippen LogP contribution in [0.4, 0.5) is 0 Å². The van der Waals surface area contributed by atoms with Gasteiger partial charge in [0.25, 0.3) is 0 Å². The van der Waals surface area contributed by atoms with Gasteiger partial charge >= 0.3 is 0 Å². The lowest BCUT2D eigenvalue weighted by Gasteiger charge is -2.09. The van der Waals surface area contributed by atoms with Crippen molar-refractivity contribution in [1.82, 2.24) is 0 Å². The van der Waals surface area contributed by atoms with Crippen molar-refractivity contribution >= 4 is 16.6 Å². The van der Waals surface area contributed by atoms with Crippen LogP contribution in [0, 0.1) is 17.2 Å². The Balaban J connectivity index is 2.48. The van der Waals surface area contributed by atoms with Crippen LogP contribution in [0.25, 0.3) is 10.8 Å². The number of fused-ring (bicyclic) bond motifs is 1. The van der Waals surface area contributed by atoms with Gasteiger partial charge in [-0.3, -0.25) is 4.79 Å². The van der Waals surface area contributed by atoms with Gasteiger partial charge in [-0.25, -0.2) is 0 Å². The maximum atomic E-state index is 12.4. The van der Waals surface area contributed by atoms with E-state index in [1.54, 1.807) is 0 Å². The summed E-state index contributed by atoms with van der Waals surface area (Å²) < 4.78 is 0. The lowest BCUT2D eigenvalue weighted by molar-refractivity contribution is 0.0945. The molecular weight excluding hydrogens is 222 g/mol. The van der Waals surface area contributed by atoms with Crippen molar-refractivity contribution in [2.24, 2.45) is 5.92 Å². The molecule has 2 nitrogen and oxygen atoms in total. The van der Waals surface area contributed by atoms with Crippen molar-refractivity contribution < 1.29 is 4.79 Å². The van der Waals surface area contributed by atoms with Gasteiger partial charge in [0.1, 0.15) is 5.92 Å². The van der Waals surface area contributed by atoms with Crippen molar-refractivity contribution in [3.05, 3.63) is 48.0 Å². The molecule has 0 spiro atoms. The van der Waals surface area contributed by atoms with Gasteiger partial charge in [0.2, 0.25) is 0 Å². The predicted octanol–water partition coefficient (Wildman–Crippen LogP) is 3.96. The van der Waals surface area contributed by atoms with Crippen molar-refractivity contribution in [3.63, 3.8) is 0 Å². The maximum absolute atomic E-state index is 12.4. The number of ketones is 1. The summed E-state index contributed by atoms with van der Waals surface area (Å²) in [4.78, 5) is 12.4. The smallest absolute Gasteiger partial charge is 0.180 e. The van der Waals surface area contributed by atoms with E-state index in [2.05, 4.69) is 6.07 Å². The lowest BCUT2D eigenvalue weighted by atomic mass is 9.91. The Hall–Kier alpha value is -2.14. The minimum atomic E-state index is -0.527. The second-order valence-electron chi connectivity index (χ2n) is 4.36. The first-order valence-electron chi connectivity index (χ1n) is 6.19. The summed E-state index contributed by atoms with van der Waals surface area (Å²) in [5, 5.41) is 11.1. The number of rotatable bonds is 4. The molecule has 0 bridgehead atoms. The zero-order valence-electron chi connectivity index (χ0n) is 10.4. The van der Waals surface area contributed by atoms with Crippen LogP contribution in [-0.2, 0) is 0 Å². The van der Waals surface area contributed by atoms with Gasteiger partial charge in [0.05, 0.1) is 6.07 Å². The first kappa shape index (κ1) is 12.3. The van der Waals surface area contributed by atoms with Crippen LogP contribution >= 0.6 is 0 Å². The molecule has 0 aliphatic carbocycles. The second-order valence-corrected chi connectivity index (χ2v) is 4.36. The third-order valence-corrected chi connectivity index (χ3v) is 3.10. The quantitative estimate of drug-likeness (QED) is 0.755. The van der Waals surface area contributed by atoms with Crippen molar-refractivity contribution in [2.75, 3.05) is 0 Å². The monoisotopic (exact) mass is 237 g/mol. The second kappa shape index (κ2) is 5.46. The summed E-state index contributed by atoms with van der Waals surface area (Å²) in [5.41, 5.74) is 0.660. The summed E-state index contributed by atoms with van der Waals surface area (Å²) in [6.07, 6.45) is 1.47. The molecule has 0 aliphatic heterocycles. The van der Waals surface area contributed by atoms with Gasteiger partial charge in [-0.2, -0.15) is 5.26 Å². The Morgan fingerprint density at radius 2 is 1.94 bits per heavy atom. The highest BCUT2D eigenvalue weighted by Gasteiger charge is 2.20. The number of hydrogen-bond acceptors (Lipinski definition) is 2. The summed E-state index contributed by atoms with van der Waals surface area (Å²) in [7, 11) is 0. The van der Waals surface area contributed by atoms with Crippen LogP contribution in [0.3, 0.4) is 0 Å². The third kappa shape index (κ3) is 2.26. The van der Waals surface area contributed by atoms with Crippen LogP contribution in [0.2, 0.25) is 0 Å². The molecule has 18 heavy (non-hydrogen) atoms. The average Bonchev–Trinajstić information content (AvgIpc) is 2.43. The van der Waals surface area contributed by atoms with Gasteiger partial charge < -0.3 is 0 Å². The number of hydrogen-bond donors (Lipinski definition) is 0. The van der Waals surface area contributed by atoms with E-state index in [4.69, 9.17) is 5.26 Å². The fourth-order valence-corrected chi connectivity index (χ4v) is 2.17. The Morgan fingerprint density at radius 3 is 2.67 bits per heavy atom. The SMILES string of the molecule is CCCC(C#N)C(=O)c1cccc2ccccc12. The zero-order valence-corrected chi connectivity index (χ0v) is 10.4. The molecule has 90 valence electrons. The van der Waals surface area contributed by atoms with Crippen molar-refractivity contribution in [2.45, 2.75) is 19.8 Å². The number of benzene rings is 2. The fraction of sp³-hybridized carbons (Fsp3) is 0.250. The van der Waals surface area contributed by atoms with Crippen molar-refractivity contribution in [3.8, 4) is 6.07 Å². The molecule has 2 heteroatoms. The molecule has 0 saturated carbocycles. The molecule has 1 unspecified atom stereocenters. The molecule has 2 aromatic carbocycles. The molecule has 0 heterocycles. The van der Waals surface area contributed by atoms with E-state index in [9.17, 15) is 4.79 Å². The van der Waals surface area contributed by atoms with Gasteiger partial charge in [0, 0.05) is 5.56 Å². The Morgan fingerprint density at radius 1 is 1.22 bits per heavy atom. The molecule has 2 aromatic rings. The largest absolute Gasteiger partial charge is 0.293 e. The average molecular weight is 237 g/mol. The molecule has 0 radical (unpaired) electrons. The first-order valence-corrected chi connectivity index (χ1v) is 6.19. The van der Waals surface area contributed by atoms with E-state index < -0.39 is 5.92 Å². The predicted molar refractivity (Wildman–Crippen MR) is 72.3 cm³/mol. The summed E-state index contributed by atoms with van der Waals surface area (Å²) in [6, 6.07) is 15.6. The maximum Gasteiger partial charge on any atom is 0.180 e. The highest BCUT2D eigenvalue weighted by atomic mass is 16.1. The van der Waals surface area contributed by atoms with Gasteiger partial charge in [0.15, 0.2) is 5.78 Å². The van der Waals surface area contributed by atoms with Crippen LogP contribution < -0.4 is 0 Å². The first-order chi connectivity index (χ1) is 8.77. The van der Waals surface area contributed by atoms with E-state index in [1.807, 2.05) is 49.4 Å². The summed E-state index contributed by atoms with van der Waals surface area (Å²) >= 11 is 0. The summed E-state index contributed by atoms with van der Waals surface area (Å²) in [6.45, 7) is 1.99. The number of carbonyl (C=O) groups excluding carboxylic acids is 1. The third-order valence-electron chi connectivity index (χ3n) is 3.10. The molecule has 2 rings (SSSR count). The highest BCUT2D eigenvalue weighted by molar-refractivity contribution is 6.09. The van der Waals surface area contributed by atoms with Crippen LogP contribution in [-0.4, -0.2) is 5.78 Å². The molecule has 0 amide bonds. The number of nitriles is 1. The molecular formula is C16H15NO. The zero-order chi connectivity index (χ0) is 13.0. The van der Waals surface area contributed by atoms with E-state index >= 15 is 0 Å². The van der Waals surface area contributed by atoms with Gasteiger partial charge in [-0.05, 0) is 17.2 Å². The molecule has 0 aromatic heterocycles. The Labute approximate surface area is 107 Å². The minimum absolute atomic E-state index is 0.0591. The van der Waals surface area contributed by atoms with Crippen LogP contribution in [0.1, 0.15) is 30.1 Å². The normalized spacial score (nSPS) is 12.0. The van der Waals surface area contributed by atoms with Crippen LogP contribution in [0.15, 0.2) is 42.5 Å². The minimum Gasteiger partial charge on any atom is -0.293 e. The van der Waals surface area contributed by atoms with E-state index in [0.717, 1.165) is 17.2 Å². The topological polar surface area (TPSA) is 40.9 Å². The Bertz CT molecular complexity index is 605. The van der Waals surface area contributed by atoms with E-state index in [0.29, 0.717) is 12.0 Å². The van der Waals surface area contributed by atoms with E-state index in [1.165, 1.54) is 0 Å². The fourth-order valence-electron chi connectivity index (χ4n) is 2.17.